The summed E-state index contributed by atoms with van der Waals surface area (Å²) in [4.78, 5) is 2.24. The van der Waals surface area contributed by atoms with Crippen molar-refractivity contribution in [3.05, 3.63) is 53.3 Å². The van der Waals surface area contributed by atoms with E-state index in [4.69, 9.17) is 11.6 Å². The second-order valence-electron chi connectivity index (χ2n) is 6.52. The van der Waals surface area contributed by atoms with E-state index in [9.17, 15) is 12.8 Å². The van der Waals surface area contributed by atoms with E-state index in [1.165, 1.54) is 20.7 Å². The van der Waals surface area contributed by atoms with Crippen molar-refractivity contribution in [1.29, 1.82) is 0 Å². The van der Waals surface area contributed by atoms with E-state index < -0.39 is 16.0 Å². The lowest BCUT2D eigenvalue weighted by Gasteiger charge is -2.29. The highest BCUT2D eigenvalue weighted by molar-refractivity contribution is 7.95. The second-order valence-corrected chi connectivity index (χ2v) is 8.63. The van der Waals surface area contributed by atoms with Crippen LogP contribution in [0.1, 0.15) is 0 Å². The Labute approximate surface area is 163 Å². The van der Waals surface area contributed by atoms with Crippen LogP contribution in [0.4, 0.5) is 21.5 Å². The van der Waals surface area contributed by atoms with Crippen LogP contribution in [0.5, 0.6) is 0 Å². The van der Waals surface area contributed by atoms with Crippen LogP contribution in [0.3, 0.4) is 0 Å². The Kier molecular flexibility index (Phi) is 4.98. The van der Waals surface area contributed by atoms with Gasteiger partial charge in [0.2, 0.25) is 0 Å². The molecule has 0 radical (unpaired) electrons. The minimum atomic E-state index is -3.86. The third-order valence-corrected chi connectivity index (χ3v) is 6.93. The molecule has 0 saturated carbocycles. The highest BCUT2D eigenvalue weighted by Crippen LogP contribution is 2.46. The maximum absolute atomic E-state index is 13.5. The molecule has 0 atom stereocenters. The molecule has 27 heavy (non-hydrogen) atoms. The molecule has 0 aliphatic carbocycles. The van der Waals surface area contributed by atoms with Crippen molar-refractivity contribution in [2.24, 2.45) is 0 Å². The van der Waals surface area contributed by atoms with Crippen LogP contribution in [-0.2, 0) is 10.2 Å². The van der Waals surface area contributed by atoms with Crippen molar-refractivity contribution in [1.82, 2.24) is 10.2 Å². The number of piperazine rings is 1. The normalized spacial score (nSPS) is 19.3. The van der Waals surface area contributed by atoms with Gasteiger partial charge in [-0.25, -0.2) is 13.0 Å². The van der Waals surface area contributed by atoms with Gasteiger partial charge in [0, 0.05) is 39.3 Å². The van der Waals surface area contributed by atoms with Crippen LogP contribution in [-0.4, -0.2) is 52.6 Å². The number of nitrogens with one attached hydrogen (secondary N) is 1. The quantitative estimate of drug-likeness (QED) is 0.841. The molecule has 1 saturated heterocycles. The van der Waals surface area contributed by atoms with E-state index in [1.807, 2.05) is 6.07 Å². The maximum Gasteiger partial charge on any atom is 0.331 e. The largest absolute Gasteiger partial charge is 0.331 e. The fourth-order valence-electron chi connectivity index (χ4n) is 3.50. The van der Waals surface area contributed by atoms with Gasteiger partial charge in [-0.15, -0.1) is 0 Å². The van der Waals surface area contributed by atoms with Crippen molar-refractivity contribution < 1.29 is 12.8 Å². The van der Waals surface area contributed by atoms with Crippen LogP contribution >= 0.6 is 11.6 Å². The molecule has 0 bridgehead atoms. The van der Waals surface area contributed by atoms with Gasteiger partial charge in [-0.1, -0.05) is 23.7 Å². The first-order valence-corrected chi connectivity index (χ1v) is 10.6. The van der Waals surface area contributed by atoms with Crippen LogP contribution < -0.4 is 13.9 Å². The lowest BCUT2D eigenvalue weighted by molar-refractivity contribution is 0.248. The second kappa shape index (κ2) is 7.27. The van der Waals surface area contributed by atoms with Gasteiger partial charge in [0.1, 0.15) is 5.82 Å². The SMILES string of the molecule is O=S1(=O)N(CCN2CCNCC2)c2ccccc2N1c1ccc(F)cc1Cl. The number of nitrogens with zero attached hydrogens (tertiary/aromatic N) is 3. The Morgan fingerprint density at radius 3 is 2.41 bits per heavy atom. The van der Waals surface area contributed by atoms with E-state index in [1.54, 1.807) is 18.2 Å². The van der Waals surface area contributed by atoms with Gasteiger partial charge in [0.25, 0.3) is 0 Å². The number of halogens is 2. The molecule has 0 unspecified atom stereocenters. The maximum atomic E-state index is 13.5. The Bertz CT molecular complexity index is 950. The number of rotatable bonds is 4. The highest BCUT2D eigenvalue weighted by Gasteiger charge is 2.41. The zero-order chi connectivity index (χ0) is 19.0. The van der Waals surface area contributed by atoms with Crippen LogP contribution in [0.25, 0.3) is 0 Å². The molecule has 1 fully saturated rings. The number of hydrogen-bond donors (Lipinski definition) is 1. The first kappa shape index (κ1) is 18.5. The van der Waals surface area contributed by atoms with Crippen molar-refractivity contribution in [2.45, 2.75) is 0 Å². The standard InChI is InChI=1S/C18H20ClFN4O2S/c19-15-13-14(20)5-6-16(15)24-18-4-2-1-3-17(18)23(27(24,25)26)12-11-22-9-7-21-8-10-22/h1-6,13,21H,7-12H2. The molecule has 2 heterocycles. The van der Waals surface area contributed by atoms with Crippen molar-refractivity contribution in [3.8, 4) is 0 Å². The summed E-state index contributed by atoms with van der Waals surface area (Å²) in [5.41, 5.74) is 1.37. The Morgan fingerprint density at radius 2 is 1.70 bits per heavy atom. The number of hydrogen-bond acceptors (Lipinski definition) is 4. The van der Waals surface area contributed by atoms with Gasteiger partial charge in [-0.05, 0) is 30.3 Å². The molecule has 6 nitrogen and oxygen atoms in total. The molecule has 2 aromatic carbocycles. The zero-order valence-corrected chi connectivity index (χ0v) is 16.2. The first-order chi connectivity index (χ1) is 13.0. The van der Waals surface area contributed by atoms with Gasteiger partial charge in [-0.2, -0.15) is 8.42 Å². The minimum absolute atomic E-state index is 0.0531. The monoisotopic (exact) mass is 410 g/mol. The molecular formula is C18H20ClFN4O2S. The van der Waals surface area contributed by atoms with E-state index >= 15 is 0 Å². The van der Waals surface area contributed by atoms with Crippen LogP contribution in [0, 0.1) is 5.82 Å². The fraction of sp³-hybridized carbons (Fsp3) is 0.333. The third kappa shape index (κ3) is 3.38. The molecule has 2 aliphatic rings. The molecule has 0 amide bonds. The summed E-state index contributed by atoms with van der Waals surface area (Å²) in [6.07, 6.45) is 0. The summed E-state index contributed by atoms with van der Waals surface area (Å²) in [5.74, 6) is -0.510. The number of benzene rings is 2. The van der Waals surface area contributed by atoms with Crippen molar-refractivity contribution in [2.75, 3.05) is 47.9 Å². The molecule has 0 spiro atoms. The lowest BCUT2D eigenvalue weighted by Crippen LogP contribution is -2.47. The minimum Gasteiger partial charge on any atom is -0.314 e. The summed E-state index contributed by atoms with van der Waals surface area (Å²) < 4.78 is 42.7. The van der Waals surface area contributed by atoms with Gasteiger partial charge >= 0.3 is 10.2 Å². The van der Waals surface area contributed by atoms with Gasteiger partial charge < -0.3 is 5.32 Å². The topological polar surface area (TPSA) is 55.9 Å². The highest BCUT2D eigenvalue weighted by atomic mass is 35.5. The summed E-state index contributed by atoms with van der Waals surface area (Å²) >= 11 is 6.17. The summed E-state index contributed by atoms with van der Waals surface area (Å²) in [6.45, 7) is 4.57. The zero-order valence-electron chi connectivity index (χ0n) is 14.6. The number of anilines is 3. The van der Waals surface area contributed by atoms with E-state index in [-0.39, 0.29) is 10.7 Å². The van der Waals surface area contributed by atoms with Crippen LogP contribution in [0.2, 0.25) is 5.02 Å². The average molecular weight is 411 g/mol. The predicted octanol–water partition coefficient (Wildman–Crippen LogP) is 2.59. The van der Waals surface area contributed by atoms with Crippen LogP contribution in [0.15, 0.2) is 42.5 Å². The lowest BCUT2D eigenvalue weighted by atomic mass is 10.2. The Hall–Kier alpha value is -1.87. The molecule has 4 rings (SSSR count). The molecule has 0 aromatic heterocycles. The average Bonchev–Trinajstić information content (AvgIpc) is 2.87. The molecular weight excluding hydrogens is 391 g/mol. The summed E-state index contributed by atoms with van der Waals surface area (Å²) in [5, 5.41) is 3.34. The molecule has 9 heteroatoms. The first-order valence-electron chi connectivity index (χ1n) is 8.78. The third-order valence-electron chi connectivity index (χ3n) is 4.84. The van der Waals surface area contributed by atoms with Crippen molar-refractivity contribution >= 4 is 38.9 Å². The van der Waals surface area contributed by atoms with Gasteiger partial charge in [0.15, 0.2) is 0 Å². The number of fused-ring (bicyclic) bond motifs is 1. The van der Waals surface area contributed by atoms with E-state index in [2.05, 4.69) is 10.2 Å². The summed E-state index contributed by atoms with van der Waals surface area (Å²) in [7, 11) is -3.86. The molecule has 1 N–H and O–H groups in total. The van der Waals surface area contributed by atoms with E-state index in [0.29, 0.717) is 24.5 Å². The number of para-hydroxylation sites is 2. The van der Waals surface area contributed by atoms with Gasteiger partial charge in [0.05, 0.1) is 22.1 Å². The molecule has 144 valence electrons. The fourth-order valence-corrected chi connectivity index (χ4v) is 5.52. The van der Waals surface area contributed by atoms with Crippen molar-refractivity contribution in [3.63, 3.8) is 0 Å². The smallest absolute Gasteiger partial charge is 0.314 e. The predicted molar refractivity (Wildman–Crippen MR) is 106 cm³/mol. The molecule has 2 aliphatic heterocycles. The van der Waals surface area contributed by atoms with E-state index in [0.717, 1.165) is 32.2 Å². The summed E-state index contributed by atoms with van der Waals surface area (Å²) in [6, 6.07) is 10.8. The molecule has 2 aromatic rings. The van der Waals surface area contributed by atoms with Gasteiger partial charge in [-0.3, -0.25) is 4.90 Å². The Balaban J connectivity index is 1.69. The Morgan fingerprint density at radius 1 is 1.00 bits per heavy atom.